The summed E-state index contributed by atoms with van der Waals surface area (Å²) in [6.45, 7) is 2.95. The van der Waals surface area contributed by atoms with Gasteiger partial charge < -0.3 is 9.26 Å². The lowest BCUT2D eigenvalue weighted by Crippen LogP contribution is -2.54. The molecule has 7 heteroatoms. The van der Waals surface area contributed by atoms with Crippen molar-refractivity contribution in [1.82, 2.24) is 10.1 Å². The Labute approximate surface area is 109 Å². The average molecular weight is 278 g/mol. The molecule has 4 nitrogen and oxygen atoms in total. The van der Waals surface area contributed by atoms with Gasteiger partial charge in [-0.05, 0) is 19.8 Å². The standard InChI is InChI=1S/C12H17F3N2O2/c1-9-7-10(19-16-9)8-17-5-3-11(18-2,4-6-17)12(13,14)15/h7H,3-6,8H2,1-2H3. The van der Waals surface area contributed by atoms with E-state index >= 15 is 0 Å². The topological polar surface area (TPSA) is 38.5 Å². The summed E-state index contributed by atoms with van der Waals surface area (Å²) in [5, 5.41) is 3.76. The molecule has 0 bridgehead atoms. The molecule has 0 aromatic carbocycles. The van der Waals surface area contributed by atoms with E-state index in [-0.39, 0.29) is 12.8 Å². The summed E-state index contributed by atoms with van der Waals surface area (Å²) in [5.41, 5.74) is -1.23. The molecule has 1 aliphatic rings. The lowest BCUT2D eigenvalue weighted by Gasteiger charge is -2.41. The Morgan fingerprint density at radius 2 is 2.05 bits per heavy atom. The molecule has 1 aromatic heterocycles. The van der Waals surface area contributed by atoms with Gasteiger partial charge in [-0.15, -0.1) is 0 Å². The summed E-state index contributed by atoms with van der Waals surface area (Å²) < 4.78 is 48.8. The van der Waals surface area contributed by atoms with E-state index < -0.39 is 11.8 Å². The molecule has 1 aromatic rings. The molecule has 1 fully saturated rings. The van der Waals surface area contributed by atoms with Crippen molar-refractivity contribution in [3.8, 4) is 0 Å². The maximum absolute atomic E-state index is 13.0. The second kappa shape index (κ2) is 5.13. The number of aromatic nitrogens is 1. The number of methoxy groups -OCH3 is 1. The fraction of sp³-hybridized carbons (Fsp3) is 0.750. The summed E-state index contributed by atoms with van der Waals surface area (Å²) in [6.07, 6.45) is -4.43. The van der Waals surface area contributed by atoms with E-state index in [1.165, 1.54) is 0 Å². The minimum Gasteiger partial charge on any atom is -0.369 e. The Hall–Kier alpha value is -1.08. The van der Waals surface area contributed by atoms with Gasteiger partial charge in [-0.3, -0.25) is 4.90 Å². The summed E-state index contributed by atoms with van der Waals surface area (Å²) in [5.74, 6) is 0.675. The van der Waals surface area contributed by atoms with Crippen LogP contribution in [-0.4, -0.2) is 42.0 Å². The summed E-state index contributed by atoms with van der Waals surface area (Å²) >= 11 is 0. The number of piperidine rings is 1. The van der Waals surface area contributed by atoms with Crippen LogP contribution in [0.3, 0.4) is 0 Å². The first kappa shape index (κ1) is 14.3. The van der Waals surface area contributed by atoms with E-state index in [0.717, 1.165) is 12.8 Å². The van der Waals surface area contributed by atoms with Crippen molar-refractivity contribution in [2.75, 3.05) is 20.2 Å². The predicted molar refractivity (Wildman–Crippen MR) is 61.5 cm³/mol. The van der Waals surface area contributed by atoms with Crippen molar-refractivity contribution in [3.05, 3.63) is 17.5 Å². The minimum atomic E-state index is -4.32. The van der Waals surface area contributed by atoms with Gasteiger partial charge in [0.2, 0.25) is 0 Å². The highest BCUT2D eigenvalue weighted by molar-refractivity contribution is 5.03. The summed E-state index contributed by atoms with van der Waals surface area (Å²) in [4.78, 5) is 1.92. The van der Waals surface area contributed by atoms with Crippen LogP contribution in [0.4, 0.5) is 13.2 Å². The van der Waals surface area contributed by atoms with E-state index in [0.29, 0.717) is 25.4 Å². The number of rotatable bonds is 3. The predicted octanol–water partition coefficient (Wildman–Crippen LogP) is 2.53. The number of halogens is 3. The van der Waals surface area contributed by atoms with E-state index in [4.69, 9.17) is 9.26 Å². The third kappa shape index (κ3) is 2.92. The van der Waals surface area contributed by atoms with Crippen LogP contribution in [-0.2, 0) is 11.3 Å². The lowest BCUT2D eigenvalue weighted by atomic mass is 9.90. The zero-order valence-electron chi connectivity index (χ0n) is 11.0. The summed E-state index contributed by atoms with van der Waals surface area (Å²) in [7, 11) is 1.13. The molecule has 1 aliphatic heterocycles. The zero-order chi connectivity index (χ0) is 14.1. The average Bonchev–Trinajstić information content (AvgIpc) is 2.74. The fourth-order valence-electron chi connectivity index (χ4n) is 2.39. The van der Waals surface area contributed by atoms with Crippen molar-refractivity contribution in [1.29, 1.82) is 0 Å². The number of hydrogen-bond acceptors (Lipinski definition) is 4. The van der Waals surface area contributed by atoms with Crippen molar-refractivity contribution in [2.45, 2.75) is 38.1 Å². The van der Waals surface area contributed by atoms with E-state index in [9.17, 15) is 13.2 Å². The Morgan fingerprint density at radius 1 is 1.42 bits per heavy atom. The normalized spacial score (nSPS) is 20.7. The van der Waals surface area contributed by atoms with Crippen LogP contribution in [0.2, 0.25) is 0 Å². The van der Waals surface area contributed by atoms with Crippen LogP contribution in [0.15, 0.2) is 10.6 Å². The maximum Gasteiger partial charge on any atom is 0.417 e. The molecular formula is C12H17F3N2O2. The van der Waals surface area contributed by atoms with Gasteiger partial charge >= 0.3 is 6.18 Å². The molecule has 0 saturated carbocycles. The maximum atomic E-state index is 13.0. The highest BCUT2D eigenvalue weighted by Crippen LogP contribution is 2.41. The largest absolute Gasteiger partial charge is 0.417 e. The second-order valence-electron chi connectivity index (χ2n) is 4.91. The lowest BCUT2D eigenvalue weighted by molar-refractivity contribution is -0.282. The van der Waals surface area contributed by atoms with E-state index in [1.807, 2.05) is 11.8 Å². The van der Waals surface area contributed by atoms with Gasteiger partial charge in [-0.25, -0.2) is 0 Å². The zero-order valence-corrected chi connectivity index (χ0v) is 11.0. The number of ether oxygens (including phenoxy) is 1. The van der Waals surface area contributed by atoms with Crippen molar-refractivity contribution >= 4 is 0 Å². The number of alkyl halides is 3. The fourth-order valence-corrected chi connectivity index (χ4v) is 2.39. The highest BCUT2D eigenvalue weighted by atomic mass is 19.4. The van der Waals surface area contributed by atoms with Gasteiger partial charge in [0.25, 0.3) is 0 Å². The van der Waals surface area contributed by atoms with Gasteiger partial charge in [0.1, 0.15) is 0 Å². The van der Waals surface area contributed by atoms with E-state index in [2.05, 4.69) is 5.16 Å². The third-order valence-corrected chi connectivity index (χ3v) is 3.63. The van der Waals surface area contributed by atoms with Crippen LogP contribution in [0.25, 0.3) is 0 Å². The Morgan fingerprint density at radius 3 is 2.47 bits per heavy atom. The van der Waals surface area contributed by atoms with Gasteiger partial charge in [0.15, 0.2) is 11.4 Å². The van der Waals surface area contributed by atoms with Gasteiger partial charge in [-0.2, -0.15) is 13.2 Å². The van der Waals surface area contributed by atoms with Crippen LogP contribution in [0, 0.1) is 6.92 Å². The molecule has 0 radical (unpaired) electrons. The van der Waals surface area contributed by atoms with Crippen LogP contribution in [0.5, 0.6) is 0 Å². The molecule has 0 aliphatic carbocycles. The highest BCUT2D eigenvalue weighted by Gasteiger charge is 2.56. The molecular weight excluding hydrogens is 261 g/mol. The van der Waals surface area contributed by atoms with E-state index in [1.54, 1.807) is 6.07 Å². The van der Waals surface area contributed by atoms with Crippen molar-refractivity contribution in [3.63, 3.8) is 0 Å². The molecule has 0 spiro atoms. The molecule has 0 N–H and O–H groups in total. The SMILES string of the molecule is COC1(C(F)(F)F)CCN(Cc2cc(C)no2)CC1. The number of aryl methyl sites for hydroxylation is 1. The Kier molecular flexibility index (Phi) is 3.87. The molecule has 0 unspecified atom stereocenters. The number of likely N-dealkylation sites (tertiary alicyclic amines) is 1. The first-order chi connectivity index (χ1) is 8.86. The van der Waals surface area contributed by atoms with Gasteiger partial charge in [0, 0.05) is 26.3 Å². The van der Waals surface area contributed by atoms with Crippen molar-refractivity contribution < 1.29 is 22.4 Å². The van der Waals surface area contributed by atoms with Crippen LogP contribution in [0.1, 0.15) is 24.3 Å². The first-order valence-electron chi connectivity index (χ1n) is 6.13. The Balaban J connectivity index is 1.95. The minimum absolute atomic E-state index is 0.0554. The first-order valence-corrected chi connectivity index (χ1v) is 6.13. The Bertz CT molecular complexity index is 423. The van der Waals surface area contributed by atoms with Crippen molar-refractivity contribution in [2.24, 2.45) is 0 Å². The number of nitrogens with zero attached hydrogens (tertiary/aromatic N) is 2. The molecule has 2 heterocycles. The third-order valence-electron chi connectivity index (χ3n) is 3.63. The molecule has 108 valence electrons. The smallest absolute Gasteiger partial charge is 0.369 e. The van der Waals surface area contributed by atoms with Crippen LogP contribution < -0.4 is 0 Å². The number of hydrogen-bond donors (Lipinski definition) is 0. The monoisotopic (exact) mass is 278 g/mol. The molecule has 1 saturated heterocycles. The molecule has 2 rings (SSSR count). The van der Waals surface area contributed by atoms with Gasteiger partial charge in [0.05, 0.1) is 12.2 Å². The molecule has 0 atom stereocenters. The molecule has 19 heavy (non-hydrogen) atoms. The quantitative estimate of drug-likeness (QED) is 0.851. The summed E-state index contributed by atoms with van der Waals surface area (Å²) in [6, 6.07) is 1.79. The van der Waals surface area contributed by atoms with Crippen LogP contribution >= 0.6 is 0 Å². The molecule has 0 amide bonds. The second-order valence-corrected chi connectivity index (χ2v) is 4.91. The van der Waals surface area contributed by atoms with Gasteiger partial charge in [-0.1, -0.05) is 5.16 Å².